The molecule has 0 aromatic heterocycles. The van der Waals surface area contributed by atoms with E-state index in [2.05, 4.69) is 13.8 Å². The van der Waals surface area contributed by atoms with Gasteiger partial charge in [0.2, 0.25) is 0 Å². The summed E-state index contributed by atoms with van der Waals surface area (Å²) < 4.78 is 10.6. The number of rotatable bonds is 9. The standard InChI is InChI=1S/C20H25NO5S/c1-4-5-10-25-18(22)12-21-19(23)17(27-20(21)24)11-15-6-8-16(9-7-15)26-13-14(2)3/h6-9,11,14H,4-5,10,12-13H2,1-3H3/b17-11-. The molecule has 1 aromatic rings. The molecule has 0 radical (unpaired) electrons. The van der Waals surface area contributed by atoms with Crippen LogP contribution in [0.1, 0.15) is 39.2 Å². The Morgan fingerprint density at radius 2 is 1.93 bits per heavy atom. The Labute approximate surface area is 163 Å². The first-order valence-corrected chi connectivity index (χ1v) is 9.86. The van der Waals surface area contributed by atoms with E-state index in [0.29, 0.717) is 19.1 Å². The Kier molecular flexibility index (Phi) is 7.91. The highest BCUT2D eigenvalue weighted by Gasteiger charge is 2.36. The third-order valence-electron chi connectivity index (χ3n) is 3.68. The Morgan fingerprint density at radius 1 is 1.22 bits per heavy atom. The van der Waals surface area contributed by atoms with Crippen molar-refractivity contribution in [3.63, 3.8) is 0 Å². The molecule has 27 heavy (non-hydrogen) atoms. The van der Waals surface area contributed by atoms with Crippen molar-refractivity contribution in [2.24, 2.45) is 5.92 Å². The fraction of sp³-hybridized carbons (Fsp3) is 0.450. The van der Waals surface area contributed by atoms with Crippen molar-refractivity contribution in [1.82, 2.24) is 4.90 Å². The largest absolute Gasteiger partial charge is 0.493 e. The van der Waals surface area contributed by atoms with Crippen LogP contribution in [0, 0.1) is 5.92 Å². The van der Waals surface area contributed by atoms with E-state index < -0.39 is 17.1 Å². The highest BCUT2D eigenvalue weighted by atomic mass is 32.2. The summed E-state index contributed by atoms with van der Waals surface area (Å²) in [7, 11) is 0. The van der Waals surface area contributed by atoms with Gasteiger partial charge in [-0.3, -0.25) is 19.3 Å². The average molecular weight is 391 g/mol. The molecule has 1 aromatic carbocycles. The van der Waals surface area contributed by atoms with Crippen LogP contribution in [0.3, 0.4) is 0 Å². The van der Waals surface area contributed by atoms with Gasteiger partial charge in [0.05, 0.1) is 18.1 Å². The maximum Gasteiger partial charge on any atom is 0.326 e. The van der Waals surface area contributed by atoms with Gasteiger partial charge in [0.25, 0.3) is 11.1 Å². The van der Waals surface area contributed by atoms with Crippen LogP contribution in [0.15, 0.2) is 29.2 Å². The van der Waals surface area contributed by atoms with Crippen LogP contribution in [0.2, 0.25) is 0 Å². The maximum atomic E-state index is 12.4. The molecular weight excluding hydrogens is 366 g/mol. The number of hydrogen-bond acceptors (Lipinski definition) is 6. The lowest BCUT2D eigenvalue weighted by molar-refractivity contribution is -0.146. The van der Waals surface area contributed by atoms with Crippen LogP contribution in [-0.4, -0.2) is 41.8 Å². The molecule has 7 heteroatoms. The minimum atomic E-state index is -0.571. The van der Waals surface area contributed by atoms with Crippen LogP contribution in [0.25, 0.3) is 6.08 Å². The third kappa shape index (κ3) is 6.43. The van der Waals surface area contributed by atoms with E-state index in [-0.39, 0.29) is 11.4 Å². The summed E-state index contributed by atoms with van der Waals surface area (Å²) in [6.07, 6.45) is 3.29. The predicted molar refractivity (Wildman–Crippen MR) is 105 cm³/mol. The summed E-state index contributed by atoms with van der Waals surface area (Å²) in [6.45, 7) is 6.71. The van der Waals surface area contributed by atoms with Crippen molar-refractivity contribution in [2.75, 3.05) is 19.8 Å². The van der Waals surface area contributed by atoms with Gasteiger partial charge in [-0.1, -0.05) is 39.3 Å². The maximum absolute atomic E-state index is 12.4. The zero-order valence-electron chi connectivity index (χ0n) is 15.9. The second kappa shape index (κ2) is 10.2. The number of unbranched alkanes of at least 4 members (excludes halogenated alkanes) is 1. The molecule has 0 bridgehead atoms. The van der Waals surface area contributed by atoms with Gasteiger partial charge in [-0.05, 0) is 47.9 Å². The molecule has 0 aliphatic carbocycles. The topological polar surface area (TPSA) is 72.9 Å². The Hall–Kier alpha value is -2.28. The molecule has 2 amide bonds. The number of esters is 1. The number of carbonyl (C=O) groups is 3. The number of carbonyl (C=O) groups excluding carboxylic acids is 3. The molecule has 1 aliphatic heterocycles. The first-order chi connectivity index (χ1) is 12.9. The summed E-state index contributed by atoms with van der Waals surface area (Å²) in [6, 6.07) is 7.29. The fourth-order valence-electron chi connectivity index (χ4n) is 2.22. The molecule has 0 saturated carbocycles. The molecule has 0 spiro atoms. The number of nitrogens with zero attached hydrogens (tertiary/aromatic N) is 1. The number of thioether (sulfide) groups is 1. The van der Waals surface area contributed by atoms with E-state index in [9.17, 15) is 14.4 Å². The molecule has 2 rings (SSSR count). The highest BCUT2D eigenvalue weighted by molar-refractivity contribution is 8.18. The third-order valence-corrected chi connectivity index (χ3v) is 4.59. The Morgan fingerprint density at radius 3 is 2.56 bits per heavy atom. The van der Waals surface area contributed by atoms with E-state index >= 15 is 0 Å². The van der Waals surface area contributed by atoms with Crippen LogP contribution in [0.4, 0.5) is 4.79 Å². The van der Waals surface area contributed by atoms with Crippen molar-refractivity contribution in [3.05, 3.63) is 34.7 Å². The Balaban J connectivity index is 1.97. The molecule has 0 N–H and O–H groups in total. The number of amides is 2. The van der Waals surface area contributed by atoms with Gasteiger partial charge in [-0.2, -0.15) is 0 Å². The summed E-state index contributed by atoms with van der Waals surface area (Å²) in [5.41, 5.74) is 0.780. The zero-order valence-corrected chi connectivity index (χ0v) is 16.7. The molecule has 0 atom stereocenters. The van der Waals surface area contributed by atoms with Gasteiger partial charge in [0.15, 0.2) is 0 Å². The average Bonchev–Trinajstić information content (AvgIpc) is 2.89. The van der Waals surface area contributed by atoms with Crippen molar-refractivity contribution in [3.8, 4) is 5.75 Å². The second-order valence-corrected chi connectivity index (χ2v) is 7.61. The molecule has 1 aliphatic rings. The van der Waals surface area contributed by atoms with E-state index in [1.807, 2.05) is 31.2 Å². The lowest BCUT2D eigenvalue weighted by Gasteiger charge is -2.11. The SMILES string of the molecule is CCCCOC(=O)CN1C(=O)S/C(=C\c2ccc(OCC(C)C)cc2)C1=O. The molecular formula is C20H25NO5S. The lowest BCUT2D eigenvalue weighted by Crippen LogP contribution is -2.34. The van der Waals surface area contributed by atoms with E-state index in [1.54, 1.807) is 6.08 Å². The van der Waals surface area contributed by atoms with Gasteiger partial charge >= 0.3 is 5.97 Å². The first-order valence-electron chi connectivity index (χ1n) is 9.04. The lowest BCUT2D eigenvalue weighted by atomic mass is 10.2. The monoisotopic (exact) mass is 391 g/mol. The van der Waals surface area contributed by atoms with Crippen LogP contribution in [-0.2, 0) is 14.3 Å². The normalized spacial score (nSPS) is 15.7. The van der Waals surface area contributed by atoms with Gasteiger partial charge < -0.3 is 9.47 Å². The molecule has 1 heterocycles. The number of ether oxygens (including phenoxy) is 2. The predicted octanol–water partition coefficient (Wildman–Crippen LogP) is 4.10. The van der Waals surface area contributed by atoms with Crippen molar-refractivity contribution in [2.45, 2.75) is 33.6 Å². The minimum Gasteiger partial charge on any atom is -0.493 e. The summed E-state index contributed by atoms with van der Waals surface area (Å²) in [5.74, 6) is 0.143. The summed E-state index contributed by atoms with van der Waals surface area (Å²) in [5, 5.41) is -0.462. The van der Waals surface area contributed by atoms with Gasteiger partial charge in [0, 0.05) is 0 Å². The van der Waals surface area contributed by atoms with Gasteiger partial charge in [-0.25, -0.2) is 0 Å². The van der Waals surface area contributed by atoms with Gasteiger partial charge in [-0.15, -0.1) is 0 Å². The quantitative estimate of drug-likeness (QED) is 0.358. The van der Waals surface area contributed by atoms with Crippen LogP contribution < -0.4 is 4.74 Å². The van der Waals surface area contributed by atoms with Crippen molar-refractivity contribution in [1.29, 1.82) is 0 Å². The Bertz CT molecular complexity index is 712. The van der Waals surface area contributed by atoms with Crippen molar-refractivity contribution < 1.29 is 23.9 Å². The molecule has 6 nitrogen and oxygen atoms in total. The van der Waals surface area contributed by atoms with E-state index in [1.165, 1.54) is 0 Å². The number of imide groups is 1. The minimum absolute atomic E-state index is 0.289. The van der Waals surface area contributed by atoms with E-state index in [4.69, 9.17) is 9.47 Å². The van der Waals surface area contributed by atoms with Gasteiger partial charge in [0.1, 0.15) is 12.3 Å². The smallest absolute Gasteiger partial charge is 0.326 e. The fourth-order valence-corrected chi connectivity index (χ4v) is 3.05. The summed E-state index contributed by atoms with van der Waals surface area (Å²) >= 11 is 0.825. The van der Waals surface area contributed by atoms with Crippen LogP contribution in [0.5, 0.6) is 5.75 Å². The van der Waals surface area contributed by atoms with E-state index in [0.717, 1.165) is 40.8 Å². The second-order valence-electron chi connectivity index (χ2n) is 6.62. The first kappa shape index (κ1) is 21.0. The molecule has 1 saturated heterocycles. The van der Waals surface area contributed by atoms with Crippen molar-refractivity contribution >= 4 is 35.0 Å². The molecule has 1 fully saturated rings. The molecule has 146 valence electrons. The summed E-state index contributed by atoms with van der Waals surface area (Å²) in [4.78, 5) is 37.4. The molecule has 0 unspecified atom stereocenters. The highest BCUT2D eigenvalue weighted by Crippen LogP contribution is 2.32. The number of benzene rings is 1. The number of hydrogen-bond donors (Lipinski definition) is 0. The van der Waals surface area contributed by atoms with Crippen LogP contribution >= 0.6 is 11.8 Å². The zero-order chi connectivity index (χ0) is 19.8.